The Morgan fingerprint density at radius 1 is 0.326 bits per heavy atom. The second-order valence-corrected chi connectivity index (χ2v) is 26.5. The van der Waals surface area contributed by atoms with Crippen molar-refractivity contribution in [3.05, 3.63) is 256 Å². The molecule has 1 aliphatic rings. The predicted octanol–water partition coefficient (Wildman–Crippen LogP) is 25.6. The topological polar surface area (TPSA) is 46.2 Å². The zero-order chi connectivity index (χ0) is 68.5. The van der Waals surface area contributed by atoms with Gasteiger partial charge in [-0.15, -0.1) is 0 Å². The van der Waals surface area contributed by atoms with Gasteiger partial charge in [-0.1, -0.05) is 258 Å². The highest BCUT2D eigenvalue weighted by Crippen LogP contribution is 2.30. The molecule has 0 saturated heterocycles. The van der Waals surface area contributed by atoms with Crippen LogP contribution in [0.2, 0.25) is 0 Å². The van der Waals surface area contributed by atoms with E-state index in [1.165, 1.54) is 63.4 Å². The van der Waals surface area contributed by atoms with Gasteiger partial charge in [0.05, 0.1) is 33.5 Å². The molecule has 0 bridgehead atoms. The van der Waals surface area contributed by atoms with Gasteiger partial charge in [0.15, 0.2) is 0 Å². The molecule has 5 nitrogen and oxygen atoms in total. The Bertz CT molecular complexity index is 3020. The van der Waals surface area contributed by atoms with Gasteiger partial charge in [-0.05, 0) is 210 Å². The first-order chi connectivity index (χ1) is 43.8. The average Bonchev–Trinajstić information content (AvgIpc) is 3.47. The van der Waals surface area contributed by atoms with E-state index >= 15 is 0 Å². The zero-order valence-electron chi connectivity index (χ0n) is 61.0. The average molecular weight is 1250 g/mol. The normalized spacial score (nSPS) is 11.3. The Kier molecular flexibility index (Phi) is 40.3. The monoisotopic (exact) mass is 1250 g/mol. The number of aryl methyl sites for hydroxylation is 1. The molecular formula is C86H121FO5. The van der Waals surface area contributed by atoms with Crippen LogP contribution < -0.4 is 23.7 Å². The summed E-state index contributed by atoms with van der Waals surface area (Å²) in [5, 5.41) is 0. The van der Waals surface area contributed by atoms with E-state index < -0.39 is 0 Å². The molecule has 1 saturated carbocycles. The lowest BCUT2D eigenvalue weighted by Gasteiger charge is -2.11. The van der Waals surface area contributed by atoms with Crippen LogP contribution in [-0.2, 0) is 0 Å². The van der Waals surface area contributed by atoms with Crippen molar-refractivity contribution in [3.8, 4) is 28.7 Å². The molecule has 0 heterocycles. The fraction of sp³-hybridized carbons (Fsp3) is 0.442. The van der Waals surface area contributed by atoms with Crippen molar-refractivity contribution in [2.75, 3.05) is 33.5 Å². The molecule has 502 valence electrons. The lowest BCUT2D eigenvalue weighted by Crippen LogP contribution is -2.04. The van der Waals surface area contributed by atoms with Gasteiger partial charge in [0.2, 0.25) is 0 Å². The number of benzene rings is 8. The maximum atomic E-state index is 12.5. The first-order valence-corrected chi connectivity index (χ1v) is 34.2. The Hall–Kier alpha value is -7.31. The van der Waals surface area contributed by atoms with Crippen molar-refractivity contribution in [3.63, 3.8) is 0 Å². The fourth-order valence-corrected chi connectivity index (χ4v) is 8.60. The van der Waals surface area contributed by atoms with E-state index in [4.69, 9.17) is 23.7 Å². The maximum absolute atomic E-state index is 12.5. The van der Waals surface area contributed by atoms with Gasteiger partial charge in [-0.3, -0.25) is 0 Å². The van der Waals surface area contributed by atoms with Crippen molar-refractivity contribution in [1.29, 1.82) is 0 Å². The number of hydrogen-bond acceptors (Lipinski definition) is 5. The van der Waals surface area contributed by atoms with Gasteiger partial charge in [-0.25, -0.2) is 4.39 Å². The Morgan fingerprint density at radius 3 is 0.913 bits per heavy atom. The SMILES string of the molecule is CC(C)COc1cccc(C(C)C)c1.CC(C)c1cccc(F)c1.CC(C)c1cccc(OCC2CC2)c1.CC(C)c1ccccc1.CCOc1cccc(C(C)C)c1.CCOc1cccc(C(C)C)c1.COc1cccc(C(C)C)c1.Cc1ccc(C(C)C)cc1. The lowest BCUT2D eigenvalue weighted by molar-refractivity contribution is 0.271. The van der Waals surface area contributed by atoms with E-state index in [9.17, 15) is 4.39 Å². The van der Waals surface area contributed by atoms with Crippen LogP contribution in [-0.4, -0.2) is 33.5 Å². The van der Waals surface area contributed by atoms with Crippen LogP contribution in [0.25, 0.3) is 0 Å². The van der Waals surface area contributed by atoms with E-state index in [0.717, 1.165) is 66.7 Å². The fourth-order valence-electron chi connectivity index (χ4n) is 8.60. The van der Waals surface area contributed by atoms with E-state index in [0.29, 0.717) is 53.3 Å². The molecule has 0 radical (unpaired) electrons. The van der Waals surface area contributed by atoms with Gasteiger partial charge < -0.3 is 23.7 Å². The molecule has 1 aliphatic carbocycles. The molecule has 8 aromatic carbocycles. The largest absolute Gasteiger partial charge is 0.497 e. The summed E-state index contributed by atoms with van der Waals surface area (Å²) in [4.78, 5) is 0. The molecule has 6 heteroatoms. The van der Waals surface area contributed by atoms with Gasteiger partial charge in [0.25, 0.3) is 0 Å². The number of halogens is 1. The van der Waals surface area contributed by atoms with Crippen molar-refractivity contribution < 1.29 is 28.1 Å². The summed E-state index contributed by atoms with van der Waals surface area (Å²) < 4.78 is 39.8. The smallest absolute Gasteiger partial charge is 0.123 e. The molecule has 0 atom stereocenters. The summed E-state index contributed by atoms with van der Waals surface area (Å²) >= 11 is 0. The van der Waals surface area contributed by atoms with E-state index in [-0.39, 0.29) is 5.82 Å². The zero-order valence-corrected chi connectivity index (χ0v) is 61.0. The summed E-state index contributed by atoms with van der Waals surface area (Å²) in [6, 6.07) is 67.5. The summed E-state index contributed by atoms with van der Waals surface area (Å²) in [6.45, 7) is 48.4. The molecule has 9 rings (SSSR count). The standard InChI is InChI=1S/C13H18O.C13H20O.2C11H16O.C10H14O.C10H14.C9H11F.C9H12/c1-10(2)12-4-3-5-13(8-12)14-9-11-6-7-11;1-10(2)9-14-13-7-5-6-12(8-13)11(3)4;2*1-4-12-11-7-5-6-10(8-11)9(2)3;1-8(2)9-5-4-6-10(7-9)11-3;1-8(2)10-6-4-9(3)5-7-10;1-7(2)8-4-3-5-9(10)6-8;1-8(2)9-6-4-3-5-7-9/h3-5,8,10-11H,6-7,9H2,1-2H3;5-8,10-11H,9H2,1-4H3;2*5-9H,4H2,1-3H3;4-8H,1-3H3;4-8H,1-3H3;3-7H,1-2H3;3-8H,1-2H3. The van der Waals surface area contributed by atoms with Crippen LogP contribution in [0.1, 0.15) is 249 Å². The first-order valence-electron chi connectivity index (χ1n) is 34.2. The summed E-state index contributed by atoms with van der Waals surface area (Å²) in [5.74, 6) is 10.8. The van der Waals surface area contributed by atoms with Crippen molar-refractivity contribution in [1.82, 2.24) is 0 Å². The molecule has 0 amide bonds. The van der Waals surface area contributed by atoms with Gasteiger partial charge >= 0.3 is 0 Å². The second-order valence-electron chi connectivity index (χ2n) is 26.5. The number of hydrogen-bond donors (Lipinski definition) is 0. The molecule has 0 aromatic heterocycles. The summed E-state index contributed by atoms with van der Waals surface area (Å²) in [6.07, 6.45) is 2.70. The Balaban J connectivity index is 0.000000360. The highest BCUT2D eigenvalue weighted by atomic mass is 19.1. The quantitative estimate of drug-likeness (QED) is 0.0807. The van der Waals surface area contributed by atoms with Crippen LogP contribution in [0, 0.1) is 24.6 Å². The minimum absolute atomic E-state index is 0.147. The van der Waals surface area contributed by atoms with Crippen LogP contribution in [0.3, 0.4) is 0 Å². The second kappa shape index (κ2) is 45.9. The van der Waals surface area contributed by atoms with Gasteiger partial charge in [0, 0.05) is 0 Å². The number of rotatable bonds is 19. The third kappa shape index (κ3) is 36.1. The third-order valence-electron chi connectivity index (χ3n) is 15.0. The maximum Gasteiger partial charge on any atom is 0.123 e. The number of ether oxygens (including phenoxy) is 5. The minimum Gasteiger partial charge on any atom is -0.497 e. The number of methoxy groups -OCH3 is 1. The first kappa shape index (κ1) is 80.8. The molecule has 8 aromatic rings. The van der Waals surface area contributed by atoms with E-state index in [1.807, 2.05) is 74.5 Å². The Labute approximate surface area is 560 Å². The summed E-state index contributed by atoms with van der Waals surface area (Å²) in [7, 11) is 1.69. The molecule has 1 fully saturated rings. The predicted molar refractivity (Wildman–Crippen MR) is 396 cm³/mol. The van der Waals surface area contributed by atoms with Gasteiger partial charge in [0.1, 0.15) is 34.6 Å². The molecule has 0 N–H and O–H groups in total. The lowest BCUT2D eigenvalue weighted by atomic mass is 10.0. The molecule has 0 aliphatic heterocycles. The van der Waals surface area contributed by atoms with Crippen molar-refractivity contribution in [2.45, 2.75) is 206 Å². The summed E-state index contributed by atoms with van der Waals surface area (Å²) in [5.41, 5.74) is 11.9. The highest BCUT2D eigenvalue weighted by Gasteiger charge is 2.22. The van der Waals surface area contributed by atoms with E-state index in [1.54, 1.807) is 19.2 Å². The molecular weight excluding hydrogens is 1130 g/mol. The van der Waals surface area contributed by atoms with E-state index in [2.05, 4.69) is 253 Å². The molecule has 92 heavy (non-hydrogen) atoms. The van der Waals surface area contributed by atoms with Crippen LogP contribution in [0.5, 0.6) is 28.7 Å². The highest BCUT2D eigenvalue weighted by molar-refractivity contribution is 5.34. The van der Waals surface area contributed by atoms with Crippen molar-refractivity contribution in [2.24, 2.45) is 11.8 Å². The molecule has 0 spiro atoms. The Morgan fingerprint density at radius 2 is 0.620 bits per heavy atom. The molecule has 0 unspecified atom stereocenters. The third-order valence-corrected chi connectivity index (χ3v) is 15.0. The minimum atomic E-state index is -0.147. The van der Waals surface area contributed by atoms with Crippen LogP contribution in [0.15, 0.2) is 200 Å². The van der Waals surface area contributed by atoms with Gasteiger partial charge in [-0.2, -0.15) is 0 Å². The van der Waals surface area contributed by atoms with Crippen LogP contribution in [0.4, 0.5) is 4.39 Å². The van der Waals surface area contributed by atoms with Crippen LogP contribution >= 0.6 is 0 Å². The van der Waals surface area contributed by atoms with Crippen molar-refractivity contribution >= 4 is 0 Å².